The van der Waals surface area contributed by atoms with Crippen molar-refractivity contribution in [2.75, 3.05) is 25.1 Å². The van der Waals surface area contributed by atoms with E-state index < -0.39 is 5.60 Å². The van der Waals surface area contributed by atoms with Crippen molar-refractivity contribution in [1.29, 1.82) is 0 Å². The molecule has 0 aliphatic carbocycles. The SMILES string of the molecule is CSCCCCCNCCC(C)(C)O. The largest absolute Gasteiger partial charge is 0.390 e. The summed E-state index contributed by atoms with van der Waals surface area (Å²) in [7, 11) is 0. The highest BCUT2D eigenvalue weighted by atomic mass is 32.2. The first-order chi connectivity index (χ1) is 6.56. The highest BCUT2D eigenvalue weighted by Gasteiger charge is 2.10. The smallest absolute Gasteiger partial charge is 0.0603 e. The van der Waals surface area contributed by atoms with Crippen LogP contribution in [0.25, 0.3) is 0 Å². The molecule has 0 amide bonds. The molecule has 0 heterocycles. The lowest BCUT2D eigenvalue weighted by molar-refractivity contribution is 0.0712. The minimum absolute atomic E-state index is 0.522. The molecule has 0 bridgehead atoms. The van der Waals surface area contributed by atoms with Gasteiger partial charge in [0.25, 0.3) is 0 Å². The molecule has 3 heteroatoms. The average Bonchev–Trinajstić information content (AvgIpc) is 2.08. The zero-order valence-electron chi connectivity index (χ0n) is 9.81. The lowest BCUT2D eigenvalue weighted by Crippen LogP contribution is -2.27. The zero-order chi connectivity index (χ0) is 10.9. The van der Waals surface area contributed by atoms with Gasteiger partial charge in [-0.2, -0.15) is 11.8 Å². The summed E-state index contributed by atoms with van der Waals surface area (Å²) < 4.78 is 0. The van der Waals surface area contributed by atoms with Gasteiger partial charge in [-0.05, 0) is 58.2 Å². The molecule has 2 nitrogen and oxygen atoms in total. The van der Waals surface area contributed by atoms with Crippen molar-refractivity contribution in [3.8, 4) is 0 Å². The van der Waals surface area contributed by atoms with Crippen LogP contribution in [0.2, 0.25) is 0 Å². The summed E-state index contributed by atoms with van der Waals surface area (Å²) in [6.07, 6.45) is 6.89. The summed E-state index contributed by atoms with van der Waals surface area (Å²) in [6, 6.07) is 0. The standard InChI is InChI=1S/C11H25NOS/c1-11(2,13)7-9-12-8-5-4-6-10-14-3/h12-13H,4-10H2,1-3H3. The number of nitrogens with one attached hydrogen (secondary N) is 1. The van der Waals surface area contributed by atoms with Crippen molar-refractivity contribution in [1.82, 2.24) is 5.32 Å². The summed E-state index contributed by atoms with van der Waals surface area (Å²) >= 11 is 1.92. The summed E-state index contributed by atoms with van der Waals surface area (Å²) in [6.45, 7) is 5.72. The molecule has 0 aliphatic rings. The van der Waals surface area contributed by atoms with Gasteiger partial charge >= 0.3 is 0 Å². The lowest BCUT2D eigenvalue weighted by atomic mass is 10.1. The van der Waals surface area contributed by atoms with Gasteiger partial charge in [0.2, 0.25) is 0 Å². The van der Waals surface area contributed by atoms with Gasteiger partial charge in [0, 0.05) is 0 Å². The van der Waals surface area contributed by atoms with Crippen LogP contribution in [0, 0.1) is 0 Å². The van der Waals surface area contributed by atoms with Crippen LogP contribution in [-0.4, -0.2) is 35.8 Å². The highest BCUT2D eigenvalue weighted by Crippen LogP contribution is 2.05. The Kier molecular flexibility index (Phi) is 8.73. The zero-order valence-corrected chi connectivity index (χ0v) is 10.6. The maximum atomic E-state index is 9.45. The summed E-state index contributed by atoms with van der Waals surface area (Å²) in [5, 5.41) is 12.8. The summed E-state index contributed by atoms with van der Waals surface area (Å²) in [5.41, 5.74) is -0.522. The van der Waals surface area contributed by atoms with E-state index in [9.17, 15) is 5.11 Å². The van der Waals surface area contributed by atoms with E-state index in [0.29, 0.717) is 0 Å². The van der Waals surface area contributed by atoms with E-state index in [4.69, 9.17) is 0 Å². The fourth-order valence-electron chi connectivity index (χ4n) is 1.19. The predicted octanol–water partition coefficient (Wildman–Crippen LogP) is 2.27. The first kappa shape index (κ1) is 14.3. The van der Waals surface area contributed by atoms with Crippen molar-refractivity contribution < 1.29 is 5.11 Å². The molecule has 0 saturated carbocycles. The molecule has 0 aromatic rings. The molecule has 0 rings (SSSR count). The number of hydrogen-bond donors (Lipinski definition) is 2. The van der Waals surface area contributed by atoms with Gasteiger partial charge in [-0.15, -0.1) is 0 Å². The third kappa shape index (κ3) is 12.3. The third-order valence-corrected chi connectivity index (χ3v) is 2.81. The molecule has 0 saturated heterocycles. The fraction of sp³-hybridized carbons (Fsp3) is 1.00. The molecule has 0 radical (unpaired) electrons. The third-order valence-electron chi connectivity index (χ3n) is 2.12. The normalized spacial score (nSPS) is 12.0. The summed E-state index contributed by atoms with van der Waals surface area (Å²) in [4.78, 5) is 0. The quantitative estimate of drug-likeness (QED) is 0.584. The van der Waals surface area contributed by atoms with Crippen LogP contribution in [0.1, 0.15) is 39.5 Å². The Bertz CT molecular complexity index is 123. The van der Waals surface area contributed by atoms with Crippen LogP contribution in [0.4, 0.5) is 0 Å². The molecule has 0 aromatic heterocycles. The number of unbranched alkanes of at least 4 members (excludes halogenated alkanes) is 2. The van der Waals surface area contributed by atoms with E-state index >= 15 is 0 Å². The van der Waals surface area contributed by atoms with Crippen LogP contribution in [0.15, 0.2) is 0 Å². The van der Waals surface area contributed by atoms with Gasteiger partial charge in [0.15, 0.2) is 0 Å². The molecule has 0 fully saturated rings. The minimum atomic E-state index is -0.522. The highest BCUT2D eigenvalue weighted by molar-refractivity contribution is 7.98. The van der Waals surface area contributed by atoms with Gasteiger partial charge < -0.3 is 10.4 Å². The monoisotopic (exact) mass is 219 g/mol. The second-order valence-corrected chi connectivity index (χ2v) is 5.35. The second kappa shape index (κ2) is 8.57. The van der Waals surface area contributed by atoms with Gasteiger partial charge in [-0.1, -0.05) is 6.42 Å². The topological polar surface area (TPSA) is 32.3 Å². The van der Waals surface area contributed by atoms with Crippen molar-refractivity contribution in [3.63, 3.8) is 0 Å². The molecule has 14 heavy (non-hydrogen) atoms. The first-order valence-corrected chi connectivity index (χ1v) is 6.88. The Hall–Kier alpha value is 0.270. The predicted molar refractivity (Wildman–Crippen MR) is 66.0 cm³/mol. The van der Waals surface area contributed by atoms with Gasteiger partial charge in [0.05, 0.1) is 5.60 Å². The van der Waals surface area contributed by atoms with Crippen LogP contribution in [0.5, 0.6) is 0 Å². The molecule has 0 aliphatic heterocycles. The average molecular weight is 219 g/mol. The van der Waals surface area contributed by atoms with Gasteiger partial charge in [0.1, 0.15) is 0 Å². The van der Waals surface area contributed by atoms with Gasteiger partial charge in [-0.3, -0.25) is 0 Å². The Morgan fingerprint density at radius 1 is 1.14 bits per heavy atom. The molecule has 2 N–H and O–H groups in total. The Morgan fingerprint density at radius 2 is 1.86 bits per heavy atom. The maximum Gasteiger partial charge on any atom is 0.0603 e. The lowest BCUT2D eigenvalue weighted by Gasteiger charge is -2.16. The van der Waals surface area contributed by atoms with Crippen LogP contribution >= 0.6 is 11.8 Å². The molecule has 86 valence electrons. The van der Waals surface area contributed by atoms with E-state index in [1.54, 1.807) is 0 Å². The fourth-order valence-corrected chi connectivity index (χ4v) is 1.69. The van der Waals surface area contributed by atoms with E-state index in [2.05, 4.69) is 11.6 Å². The number of aliphatic hydroxyl groups is 1. The van der Waals surface area contributed by atoms with E-state index in [-0.39, 0.29) is 0 Å². The van der Waals surface area contributed by atoms with E-state index in [1.165, 1.54) is 25.0 Å². The van der Waals surface area contributed by atoms with Crippen molar-refractivity contribution in [2.24, 2.45) is 0 Å². The Labute approximate surface area is 92.9 Å². The molecular formula is C11H25NOS. The molecule has 0 spiro atoms. The van der Waals surface area contributed by atoms with E-state index in [1.807, 2.05) is 25.6 Å². The number of hydrogen-bond acceptors (Lipinski definition) is 3. The molecule has 0 unspecified atom stereocenters. The first-order valence-electron chi connectivity index (χ1n) is 5.48. The van der Waals surface area contributed by atoms with Crippen molar-refractivity contribution >= 4 is 11.8 Å². The van der Waals surface area contributed by atoms with Gasteiger partial charge in [-0.25, -0.2) is 0 Å². The van der Waals surface area contributed by atoms with Crippen LogP contribution in [-0.2, 0) is 0 Å². The molecule has 0 atom stereocenters. The summed E-state index contributed by atoms with van der Waals surface area (Å²) in [5.74, 6) is 1.28. The molecule has 0 aromatic carbocycles. The minimum Gasteiger partial charge on any atom is -0.390 e. The van der Waals surface area contributed by atoms with Crippen molar-refractivity contribution in [3.05, 3.63) is 0 Å². The molecular weight excluding hydrogens is 194 g/mol. The van der Waals surface area contributed by atoms with Crippen LogP contribution < -0.4 is 5.32 Å². The van der Waals surface area contributed by atoms with E-state index in [0.717, 1.165) is 19.5 Å². The Balaban J connectivity index is 2.99. The number of rotatable bonds is 9. The van der Waals surface area contributed by atoms with Crippen LogP contribution in [0.3, 0.4) is 0 Å². The van der Waals surface area contributed by atoms with Crippen molar-refractivity contribution in [2.45, 2.75) is 45.1 Å². The Morgan fingerprint density at radius 3 is 2.43 bits per heavy atom. The number of thioether (sulfide) groups is 1. The second-order valence-electron chi connectivity index (χ2n) is 4.37. The maximum absolute atomic E-state index is 9.45.